The fourth-order valence-corrected chi connectivity index (χ4v) is 1.52. The molecule has 3 N–H and O–H groups in total. The average molecular weight is 205 g/mol. The monoisotopic (exact) mass is 205 g/mol. The van der Waals surface area contributed by atoms with Crippen LogP contribution >= 0.6 is 0 Å². The Bertz CT molecular complexity index is 357. The van der Waals surface area contributed by atoms with Crippen molar-refractivity contribution in [1.82, 2.24) is 0 Å². The minimum Gasteiger partial charge on any atom is -0.481 e. The van der Waals surface area contributed by atoms with E-state index >= 15 is 0 Å². The van der Waals surface area contributed by atoms with Crippen molar-refractivity contribution < 1.29 is 9.90 Å². The molecule has 1 unspecified atom stereocenters. The van der Waals surface area contributed by atoms with Crippen LogP contribution in [0.25, 0.3) is 5.57 Å². The number of rotatable bonds is 4. The van der Waals surface area contributed by atoms with Crippen molar-refractivity contribution in [3.8, 4) is 0 Å². The van der Waals surface area contributed by atoms with Crippen molar-refractivity contribution in [2.75, 3.05) is 0 Å². The van der Waals surface area contributed by atoms with Gasteiger partial charge in [-0.2, -0.15) is 0 Å². The van der Waals surface area contributed by atoms with E-state index in [0.717, 1.165) is 11.1 Å². The summed E-state index contributed by atoms with van der Waals surface area (Å²) >= 11 is 0. The van der Waals surface area contributed by atoms with Crippen molar-refractivity contribution in [3.05, 3.63) is 42.0 Å². The summed E-state index contributed by atoms with van der Waals surface area (Å²) in [4.78, 5) is 10.6. The molecule has 0 aliphatic carbocycles. The predicted octanol–water partition coefficient (Wildman–Crippen LogP) is 1.89. The number of nitrogens with two attached hydrogens (primary N) is 1. The van der Waals surface area contributed by atoms with Crippen LogP contribution in [0.1, 0.15) is 18.9 Å². The van der Waals surface area contributed by atoms with Gasteiger partial charge in [0.1, 0.15) is 0 Å². The largest absolute Gasteiger partial charge is 0.481 e. The summed E-state index contributed by atoms with van der Waals surface area (Å²) in [6.07, 6.45) is 1.82. The Hall–Kier alpha value is -1.61. The maximum absolute atomic E-state index is 10.6. The van der Waals surface area contributed by atoms with E-state index in [9.17, 15) is 4.79 Å². The van der Waals surface area contributed by atoms with E-state index in [1.165, 1.54) is 0 Å². The number of allylic oxidation sites excluding steroid dienone is 1. The van der Waals surface area contributed by atoms with E-state index in [1.54, 1.807) is 0 Å². The number of carbonyl (C=O) groups is 1. The zero-order chi connectivity index (χ0) is 11.3. The van der Waals surface area contributed by atoms with Gasteiger partial charge in [0.2, 0.25) is 0 Å². The summed E-state index contributed by atoms with van der Waals surface area (Å²) < 4.78 is 0. The van der Waals surface area contributed by atoms with Gasteiger partial charge in [-0.25, -0.2) is 0 Å². The Morgan fingerprint density at radius 1 is 1.47 bits per heavy atom. The van der Waals surface area contributed by atoms with Gasteiger partial charge in [-0.3, -0.25) is 4.79 Å². The number of aliphatic carboxylic acids is 1. The molecule has 1 aromatic rings. The molecule has 0 radical (unpaired) electrons. The third-order valence-corrected chi connectivity index (χ3v) is 2.21. The van der Waals surface area contributed by atoms with E-state index in [0.29, 0.717) is 0 Å². The Morgan fingerprint density at radius 3 is 2.53 bits per heavy atom. The fraction of sp³-hybridized carbons (Fsp3) is 0.250. The molecule has 0 bridgehead atoms. The number of hydrogen-bond donors (Lipinski definition) is 2. The molecule has 0 amide bonds. The number of benzene rings is 1. The lowest BCUT2D eigenvalue weighted by atomic mass is 9.97. The average Bonchev–Trinajstić information content (AvgIpc) is 2.19. The van der Waals surface area contributed by atoms with Crippen LogP contribution in [-0.4, -0.2) is 17.1 Å². The smallest absolute Gasteiger partial charge is 0.305 e. The van der Waals surface area contributed by atoms with E-state index in [2.05, 4.69) is 0 Å². The summed E-state index contributed by atoms with van der Waals surface area (Å²) in [5.74, 6) is -0.877. The summed E-state index contributed by atoms with van der Waals surface area (Å²) in [6, 6.07) is 9.14. The quantitative estimate of drug-likeness (QED) is 0.789. The van der Waals surface area contributed by atoms with Gasteiger partial charge in [0.05, 0.1) is 6.42 Å². The van der Waals surface area contributed by atoms with E-state index < -0.39 is 12.0 Å². The van der Waals surface area contributed by atoms with Crippen molar-refractivity contribution >= 4 is 11.5 Å². The van der Waals surface area contributed by atoms with E-state index in [4.69, 9.17) is 10.8 Å². The normalized spacial score (nSPS) is 13.6. The molecule has 3 heteroatoms. The highest BCUT2D eigenvalue weighted by Crippen LogP contribution is 2.18. The topological polar surface area (TPSA) is 63.3 Å². The van der Waals surface area contributed by atoms with Crippen LogP contribution in [0.5, 0.6) is 0 Å². The van der Waals surface area contributed by atoms with E-state index in [1.807, 2.05) is 43.3 Å². The standard InChI is InChI=1S/C12H15NO2/c1-2-10(11(13)8-12(14)15)9-6-4-3-5-7-9/h2-7,11H,8,13H2,1H3,(H,14,15)/b10-2+. The van der Waals surface area contributed by atoms with E-state index in [-0.39, 0.29) is 6.42 Å². The van der Waals surface area contributed by atoms with Gasteiger partial charge < -0.3 is 10.8 Å². The van der Waals surface area contributed by atoms with Gasteiger partial charge in [-0.05, 0) is 18.1 Å². The molecule has 1 aromatic carbocycles. The van der Waals surface area contributed by atoms with Gasteiger partial charge in [-0.15, -0.1) is 0 Å². The molecule has 0 aliphatic heterocycles. The lowest BCUT2D eigenvalue weighted by Gasteiger charge is -2.13. The van der Waals surface area contributed by atoms with Gasteiger partial charge in [-0.1, -0.05) is 36.4 Å². The molecule has 0 aliphatic rings. The van der Waals surface area contributed by atoms with Gasteiger partial charge in [0.25, 0.3) is 0 Å². The molecule has 1 rings (SSSR count). The second kappa shape index (κ2) is 5.32. The maximum atomic E-state index is 10.6. The Balaban J connectivity index is 2.86. The zero-order valence-corrected chi connectivity index (χ0v) is 8.68. The second-order valence-corrected chi connectivity index (χ2v) is 3.31. The van der Waals surface area contributed by atoms with Crippen LogP contribution < -0.4 is 5.73 Å². The van der Waals surface area contributed by atoms with Crippen LogP contribution in [0.15, 0.2) is 36.4 Å². The van der Waals surface area contributed by atoms with Gasteiger partial charge >= 0.3 is 5.97 Å². The van der Waals surface area contributed by atoms with Crippen molar-refractivity contribution in [1.29, 1.82) is 0 Å². The SMILES string of the molecule is C/C=C(\c1ccccc1)C(N)CC(=O)O. The molecule has 0 heterocycles. The third kappa shape index (κ3) is 3.22. The molecule has 3 nitrogen and oxygen atoms in total. The van der Waals surface area contributed by atoms with Gasteiger partial charge in [0, 0.05) is 6.04 Å². The van der Waals surface area contributed by atoms with Crippen LogP contribution in [0.4, 0.5) is 0 Å². The number of carboxylic acid groups (broad SMARTS) is 1. The highest BCUT2D eigenvalue weighted by atomic mass is 16.4. The van der Waals surface area contributed by atoms with Crippen LogP contribution in [0.2, 0.25) is 0 Å². The molecular formula is C12H15NO2. The number of carboxylic acids is 1. The highest BCUT2D eigenvalue weighted by molar-refractivity contribution is 5.76. The first-order valence-corrected chi connectivity index (χ1v) is 4.84. The molecule has 15 heavy (non-hydrogen) atoms. The van der Waals surface area contributed by atoms with Gasteiger partial charge in [0.15, 0.2) is 0 Å². The summed E-state index contributed by atoms with van der Waals surface area (Å²) in [5.41, 5.74) is 7.67. The van der Waals surface area contributed by atoms with Crippen LogP contribution in [-0.2, 0) is 4.79 Å². The second-order valence-electron chi connectivity index (χ2n) is 3.31. The van der Waals surface area contributed by atoms with Crippen molar-refractivity contribution in [2.24, 2.45) is 5.73 Å². The molecule has 0 spiro atoms. The minimum absolute atomic E-state index is 0.0471. The maximum Gasteiger partial charge on any atom is 0.305 e. The lowest BCUT2D eigenvalue weighted by Crippen LogP contribution is -2.25. The summed E-state index contributed by atoms with van der Waals surface area (Å²) in [6.45, 7) is 1.87. The first kappa shape index (κ1) is 11.5. The molecule has 0 saturated heterocycles. The summed E-state index contributed by atoms with van der Waals surface area (Å²) in [5, 5.41) is 8.67. The van der Waals surface area contributed by atoms with Crippen molar-refractivity contribution in [2.45, 2.75) is 19.4 Å². The molecular weight excluding hydrogens is 190 g/mol. The fourth-order valence-electron chi connectivity index (χ4n) is 1.52. The van der Waals surface area contributed by atoms with Crippen LogP contribution in [0.3, 0.4) is 0 Å². The Morgan fingerprint density at radius 2 is 2.07 bits per heavy atom. The molecule has 0 saturated carbocycles. The minimum atomic E-state index is -0.877. The molecule has 1 atom stereocenters. The molecule has 0 fully saturated rings. The molecule has 80 valence electrons. The zero-order valence-electron chi connectivity index (χ0n) is 8.68. The van der Waals surface area contributed by atoms with Crippen molar-refractivity contribution in [3.63, 3.8) is 0 Å². The highest BCUT2D eigenvalue weighted by Gasteiger charge is 2.13. The first-order valence-electron chi connectivity index (χ1n) is 4.84. The Kier molecular flexibility index (Phi) is 4.06. The number of hydrogen-bond acceptors (Lipinski definition) is 2. The predicted molar refractivity (Wildman–Crippen MR) is 60.3 cm³/mol. The van der Waals surface area contributed by atoms with Crippen LogP contribution in [0, 0.1) is 0 Å². The first-order chi connectivity index (χ1) is 7.15. The summed E-state index contributed by atoms with van der Waals surface area (Å²) in [7, 11) is 0. The Labute approximate surface area is 89.2 Å². The lowest BCUT2D eigenvalue weighted by molar-refractivity contribution is -0.137. The third-order valence-electron chi connectivity index (χ3n) is 2.21. The molecule has 0 aromatic heterocycles.